The summed E-state index contributed by atoms with van der Waals surface area (Å²) in [5.74, 6) is -1.11. The zero-order valence-electron chi connectivity index (χ0n) is 11.1. The third-order valence-electron chi connectivity index (χ3n) is 2.86. The summed E-state index contributed by atoms with van der Waals surface area (Å²) in [6, 6.07) is 0.0976. The minimum atomic E-state index is -0.462. The molecule has 0 aromatic heterocycles. The van der Waals surface area contributed by atoms with Crippen molar-refractivity contribution in [1.82, 2.24) is 10.2 Å². The summed E-state index contributed by atoms with van der Waals surface area (Å²) in [6.45, 7) is 6.10. The molecular weight excluding hydrogens is 236 g/mol. The molecule has 1 atom stereocenters. The van der Waals surface area contributed by atoms with Crippen LogP contribution in [0.4, 0.5) is 0 Å². The average molecular weight is 256 g/mol. The first kappa shape index (κ1) is 14.5. The molecule has 0 spiro atoms. The summed E-state index contributed by atoms with van der Waals surface area (Å²) < 4.78 is 4.70. The molecule has 18 heavy (non-hydrogen) atoms. The van der Waals surface area contributed by atoms with Crippen molar-refractivity contribution >= 4 is 17.8 Å². The predicted octanol–water partition coefficient (Wildman–Crippen LogP) is -0.0774. The largest absolute Gasteiger partial charge is 0.465 e. The quantitative estimate of drug-likeness (QED) is 0.698. The number of carbonyl (C=O) groups is 3. The monoisotopic (exact) mass is 256 g/mol. The normalized spacial score (nSPS) is 19.2. The molecule has 6 heteroatoms. The Bertz CT molecular complexity index is 341. The highest BCUT2D eigenvalue weighted by molar-refractivity contribution is 5.90. The Kier molecular flexibility index (Phi) is 5.12. The van der Waals surface area contributed by atoms with Crippen LogP contribution >= 0.6 is 0 Å². The summed E-state index contributed by atoms with van der Waals surface area (Å²) >= 11 is 0. The van der Waals surface area contributed by atoms with E-state index in [1.54, 1.807) is 11.8 Å². The van der Waals surface area contributed by atoms with E-state index < -0.39 is 5.97 Å². The third-order valence-corrected chi connectivity index (χ3v) is 2.86. The SMILES string of the molecule is CCOC(=O)CNC(=O)[C@H]1CC(=O)N(C(C)C)C1. The van der Waals surface area contributed by atoms with Crippen LogP contribution in [-0.2, 0) is 19.1 Å². The number of ether oxygens (including phenoxy) is 1. The van der Waals surface area contributed by atoms with Crippen LogP contribution in [0.5, 0.6) is 0 Å². The van der Waals surface area contributed by atoms with Crippen molar-refractivity contribution in [2.24, 2.45) is 5.92 Å². The van der Waals surface area contributed by atoms with E-state index in [1.165, 1.54) is 0 Å². The first-order valence-corrected chi connectivity index (χ1v) is 6.18. The van der Waals surface area contributed by atoms with Crippen molar-refractivity contribution < 1.29 is 19.1 Å². The van der Waals surface area contributed by atoms with Gasteiger partial charge in [0.05, 0.1) is 12.5 Å². The molecule has 0 unspecified atom stereocenters. The van der Waals surface area contributed by atoms with Crippen LogP contribution in [0, 0.1) is 5.92 Å². The van der Waals surface area contributed by atoms with Crippen LogP contribution in [0.25, 0.3) is 0 Å². The average Bonchev–Trinajstić information content (AvgIpc) is 2.69. The summed E-state index contributed by atoms with van der Waals surface area (Å²) in [6.07, 6.45) is 0.215. The Morgan fingerprint density at radius 3 is 2.67 bits per heavy atom. The minimum absolute atomic E-state index is 0.0127. The molecule has 1 heterocycles. The second kappa shape index (κ2) is 6.37. The van der Waals surface area contributed by atoms with Gasteiger partial charge in [-0.05, 0) is 20.8 Å². The van der Waals surface area contributed by atoms with Gasteiger partial charge in [0, 0.05) is 19.0 Å². The lowest BCUT2D eigenvalue weighted by molar-refractivity contribution is -0.143. The van der Waals surface area contributed by atoms with E-state index >= 15 is 0 Å². The van der Waals surface area contributed by atoms with Crippen LogP contribution in [0.15, 0.2) is 0 Å². The lowest BCUT2D eigenvalue weighted by Crippen LogP contribution is -2.37. The number of amides is 2. The van der Waals surface area contributed by atoms with Crippen molar-refractivity contribution in [3.05, 3.63) is 0 Å². The molecule has 0 bridgehead atoms. The van der Waals surface area contributed by atoms with E-state index in [1.807, 2.05) is 13.8 Å². The van der Waals surface area contributed by atoms with Crippen molar-refractivity contribution in [1.29, 1.82) is 0 Å². The van der Waals surface area contributed by atoms with Gasteiger partial charge in [0.1, 0.15) is 6.54 Å². The van der Waals surface area contributed by atoms with Crippen molar-refractivity contribution in [3.63, 3.8) is 0 Å². The van der Waals surface area contributed by atoms with Crippen molar-refractivity contribution in [3.8, 4) is 0 Å². The number of carbonyl (C=O) groups excluding carboxylic acids is 3. The van der Waals surface area contributed by atoms with E-state index in [2.05, 4.69) is 5.32 Å². The topological polar surface area (TPSA) is 75.7 Å². The van der Waals surface area contributed by atoms with Crippen molar-refractivity contribution in [2.45, 2.75) is 33.2 Å². The van der Waals surface area contributed by atoms with Gasteiger partial charge in [0.15, 0.2) is 0 Å². The molecule has 1 rings (SSSR count). The standard InChI is InChI=1S/C12H20N2O4/c1-4-18-11(16)6-13-12(17)9-5-10(15)14(7-9)8(2)3/h8-9H,4-7H2,1-3H3,(H,13,17)/t9-/m0/s1. The molecule has 1 N–H and O–H groups in total. The predicted molar refractivity (Wildman–Crippen MR) is 64.6 cm³/mol. The van der Waals surface area contributed by atoms with Crippen LogP contribution in [-0.4, -0.2) is 48.4 Å². The van der Waals surface area contributed by atoms with Gasteiger partial charge >= 0.3 is 5.97 Å². The molecule has 6 nitrogen and oxygen atoms in total. The molecule has 0 aromatic carbocycles. The lowest BCUT2D eigenvalue weighted by atomic mass is 10.1. The van der Waals surface area contributed by atoms with Crippen LogP contribution < -0.4 is 5.32 Å². The Morgan fingerprint density at radius 1 is 1.50 bits per heavy atom. The molecule has 0 saturated carbocycles. The van der Waals surface area contributed by atoms with Gasteiger partial charge in [0.25, 0.3) is 0 Å². The molecule has 0 aromatic rings. The highest BCUT2D eigenvalue weighted by Crippen LogP contribution is 2.19. The fourth-order valence-electron chi connectivity index (χ4n) is 1.92. The number of rotatable bonds is 5. The van der Waals surface area contributed by atoms with E-state index in [4.69, 9.17) is 4.74 Å². The number of hydrogen-bond acceptors (Lipinski definition) is 4. The highest BCUT2D eigenvalue weighted by Gasteiger charge is 2.35. The zero-order valence-corrected chi connectivity index (χ0v) is 11.1. The van der Waals surface area contributed by atoms with E-state index in [-0.39, 0.29) is 43.3 Å². The molecule has 1 aliphatic rings. The van der Waals surface area contributed by atoms with Gasteiger partial charge < -0.3 is 15.0 Å². The second-order valence-electron chi connectivity index (χ2n) is 4.56. The molecule has 0 radical (unpaired) electrons. The fourth-order valence-corrected chi connectivity index (χ4v) is 1.92. The summed E-state index contributed by atoms with van der Waals surface area (Å²) in [4.78, 5) is 36.2. The summed E-state index contributed by atoms with van der Waals surface area (Å²) in [7, 11) is 0. The van der Waals surface area contributed by atoms with E-state index in [0.717, 1.165) is 0 Å². The molecule has 2 amide bonds. The maximum atomic E-state index is 11.8. The Balaban J connectivity index is 2.40. The van der Waals surface area contributed by atoms with Crippen LogP contribution in [0.2, 0.25) is 0 Å². The van der Waals surface area contributed by atoms with Crippen LogP contribution in [0.1, 0.15) is 27.2 Å². The number of likely N-dealkylation sites (tertiary alicyclic amines) is 1. The van der Waals surface area contributed by atoms with Gasteiger partial charge in [-0.2, -0.15) is 0 Å². The van der Waals surface area contributed by atoms with E-state index in [0.29, 0.717) is 6.54 Å². The molecule has 1 saturated heterocycles. The second-order valence-corrected chi connectivity index (χ2v) is 4.56. The third kappa shape index (κ3) is 3.72. The van der Waals surface area contributed by atoms with Gasteiger partial charge in [-0.3, -0.25) is 14.4 Å². The maximum absolute atomic E-state index is 11.8. The number of nitrogens with zero attached hydrogens (tertiary/aromatic N) is 1. The molecule has 1 aliphatic heterocycles. The maximum Gasteiger partial charge on any atom is 0.325 e. The smallest absolute Gasteiger partial charge is 0.325 e. The number of nitrogens with one attached hydrogen (secondary N) is 1. The fraction of sp³-hybridized carbons (Fsp3) is 0.750. The Labute approximate surface area is 107 Å². The summed E-state index contributed by atoms with van der Waals surface area (Å²) in [5.41, 5.74) is 0. The lowest BCUT2D eigenvalue weighted by Gasteiger charge is -2.20. The molecule has 0 aliphatic carbocycles. The first-order chi connectivity index (χ1) is 8.45. The van der Waals surface area contributed by atoms with Gasteiger partial charge in [-0.1, -0.05) is 0 Å². The minimum Gasteiger partial charge on any atom is -0.465 e. The Morgan fingerprint density at radius 2 is 2.17 bits per heavy atom. The molecule has 1 fully saturated rings. The number of esters is 1. The first-order valence-electron chi connectivity index (χ1n) is 6.18. The number of hydrogen-bond donors (Lipinski definition) is 1. The zero-order chi connectivity index (χ0) is 13.7. The highest BCUT2D eigenvalue weighted by atomic mass is 16.5. The van der Waals surface area contributed by atoms with Gasteiger partial charge in [-0.25, -0.2) is 0 Å². The molecular formula is C12H20N2O4. The van der Waals surface area contributed by atoms with Crippen LogP contribution in [0.3, 0.4) is 0 Å². The van der Waals surface area contributed by atoms with E-state index in [9.17, 15) is 14.4 Å². The van der Waals surface area contributed by atoms with Gasteiger partial charge in [-0.15, -0.1) is 0 Å². The van der Waals surface area contributed by atoms with Gasteiger partial charge in [0.2, 0.25) is 11.8 Å². The molecule has 102 valence electrons. The van der Waals surface area contributed by atoms with Crippen molar-refractivity contribution in [2.75, 3.05) is 19.7 Å². The Hall–Kier alpha value is -1.59. The summed E-state index contributed by atoms with van der Waals surface area (Å²) in [5, 5.41) is 2.50.